The molecule has 0 aromatic carbocycles. The molecule has 1 fully saturated rings. The van der Waals surface area contributed by atoms with Crippen molar-refractivity contribution in [3.63, 3.8) is 0 Å². The molecule has 6 heteroatoms. The zero-order chi connectivity index (χ0) is 16.7. The fraction of sp³-hybridized carbons (Fsp3) is 0.647. The second kappa shape index (κ2) is 8.72. The van der Waals surface area contributed by atoms with Gasteiger partial charge in [0.25, 0.3) is 5.91 Å². The fourth-order valence-electron chi connectivity index (χ4n) is 2.84. The first-order valence-corrected chi connectivity index (χ1v) is 8.36. The molecule has 2 rings (SSSR count). The lowest BCUT2D eigenvalue weighted by molar-refractivity contribution is -0.131. The molecule has 1 aliphatic heterocycles. The first-order valence-electron chi connectivity index (χ1n) is 8.36. The highest BCUT2D eigenvalue weighted by atomic mass is 16.5. The number of hydrogen-bond donors (Lipinski definition) is 0. The van der Waals surface area contributed by atoms with Gasteiger partial charge in [0.15, 0.2) is 0 Å². The highest BCUT2D eigenvalue weighted by Crippen LogP contribution is 2.16. The van der Waals surface area contributed by atoms with Gasteiger partial charge in [0.2, 0.25) is 5.91 Å². The van der Waals surface area contributed by atoms with Crippen molar-refractivity contribution >= 4 is 11.8 Å². The maximum absolute atomic E-state index is 12.6. The quantitative estimate of drug-likeness (QED) is 0.736. The molecule has 1 aliphatic rings. The van der Waals surface area contributed by atoms with E-state index in [-0.39, 0.29) is 17.9 Å². The minimum absolute atomic E-state index is 0.0643. The molecule has 0 N–H and O–H groups in total. The van der Waals surface area contributed by atoms with Crippen LogP contribution in [0.25, 0.3) is 0 Å². The predicted octanol–water partition coefficient (Wildman–Crippen LogP) is 2.16. The van der Waals surface area contributed by atoms with E-state index >= 15 is 0 Å². The molecule has 1 saturated heterocycles. The normalized spacial score (nSPS) is 17.2. The molecule has 0 unspecified atom stereocenters. The molecule has 0 bridgehead atoms. The number of nitrogens with zero attached hydrogens (tertiary/aromatic N) is 2. The van der Waals surface area contributed by atoms with Crippen molar-refractivity contribution < 1.29 is 18.7 Å². The van der Waals surface area contributed by atoms with Crippen molar-refractivity contribution in [1.82, 2.24) is 9.80 Å². The molecule has 2 amide bonds. The van der Waals surface area contributed by atoms with Crippen molar-refractivity contribution in [1.29, 1.82) is 0 Å². The summed E-state index contributed by atoms with van der Waals surface area (Å²) in [6, 6.07) is 1.65. The van der Waals surface area contributed by atoms with Crippen LogP contribution < -0.4 is 0 Å². The third kappa shape index (κ3) is 4.82. The Morgan fingerprint density at radius 3 is 2.61 bits per heavy atom. The molecular formula is C17H26N2O4. The van der Waals surface area contributed by atoms with Crippen LogP contribution in [0.4, 0.5) is 0 Å². The monoisotopic (exact) mass is 322 g/mol. The largest absolute Gasteiger partial charge is 0.472 e. The Morgan fingerprint density at radius 1 is 1.26 bits per heavy atom. The van der Waals surface area contributed by atoms with E-state index in [1.54, 1.807) is 15.9 Å². The second-order valence-electron chi connectivity index (χ2n) is 5.71. The van der Waals surface area contributed by atoms with E-state index in [1.807, 2.05) is 13.8 Å². The minimum Gasteiger partial charge on any atom is -0.472 e. The number of rotatable bonds is 8. The lowest BCUT2D eigenvalue weighted by Gasteiger charge is -2.26. The Labute approximate surface area is 137 Å². The number of amides is 2. The molecule has 2 heterocycles. The maximum atomic E-state index is 12.6. The highest BCUT2D eigenvalue weighted by Gasteiger charge is 2.25. The standard InChI is InChI=1S/C17H26N2O4/c1-3-18(4-2)16(20)7-9-19(12-15-6-5-10-23-15)17(21)14-8-11-22-13-14/h8,11,13,15H,3-7,9-10,12H2,1-2H3/t15-/m0/s1. The molecule has 0 saturated carbocycles. The van der Waals surface area contributed by atoms with Crippen molar-refractivity contribution in [2.75, 3.05) is 32.8 Å². The van der Waals surface area contributed by atoms with Crippen LogP contribution in [0.15, 0.2) is 23.0 Å². The summed E-state index contributed by atoms with van der Waals surface area (Å²) in [5.74, 6) is -0.0334. The first kappa shape index (κ1) is 17.5. The topological polar surface area (TPSA) is 63.0 Å². The Morgan fingerprint density at radius 2 is 2.04 bits per heavy atom. The molecular weight excluding hydrogens is 296 g/mol. The Hall–Kier alpha value is -1.82. The average molecular weight is 322 g/mol. The van der Waals surface area contributed by atoms with Crippen LogP contribution in [0.3, 0.4) is 0 Å². The summed E-state index contributed by atoms with van der Waals surface area (Å²) in [7, 11) is 0. The van der Waals surface area contributed by atoms with Crippen molar-refractivity contribution in [3.05, 3.63) is 24.2 Å². The van der Waals surface area contributed by atoms with E-state index < -0.39 is 0 Å². The Kier molecular flexibility index (Phi) is 6.65. The van der Waals surface area contributed by atoms with Gasteiger partial charge >= 0.3 is 0 Å². The van der Waals surface area contributed by atoms with Crippen molar-refractivity contribution in [3.8, 4) is 0 Å². The number of ether oxygens (including phenoxy) is 1. The molecule has 128 valence electrons. The van der Waals surface area contributed by atoms with Gasteiger partial charge in [-0.05, 0) is 32.8 Å². The summed E-state index contributed by atoms with van der Waals surface area (Å²) < 4.78 is 10.6. The number of hydrogen-bond acceptors (Lipinski definition) is 4. The van der Waals surface area contributed by atoms with Crippen LogP contribution in [0.5, 0.6) is 0 Å². The van der Waals surface area contributed by atoms with Gasteiger partial charge in [-0.1, -0.05) is 0 Å². The summed E-state index contributed by atoms with van der Waals surface area (Å²) in [5, 5.41) is 0. The van der Waals surface area contributed by atoms with Crippen LogP contribution >= 0.6 is 0 Å². The SMILES string of the molecule is CCN(CC)C(=O)CCN(C[C@@H]1CCCO1)C(=O)c1ccoc1. The maximum Gasteiger partial charge on any atom is 0.257 e. The molecule has 6 nitrogen and oxygen atoms in total. The zero-order valence-corrected chi connectivity index (χ0v) is 14.0. The zero-order valence-electron chi connectivity index (χ0n) is 14.0. The third-order valence-corrected chi connectivity index (χ3v) is 4.22. The van der Waals surface area contributed by atoms with Gasteiger partial charge in [-0.15, -0.1) is 0 Å². The van der Waals surface area contributed by atoms with Crippen molar-refractivity contribution in [2.45, 2.75) is 39.2 Å². The van der Waals surface area contributed by atoms with E-state index in [2.05, 4.69) is 0 Å². The summed E-state index contributed by atoms with van der Waals surface area (Å²) in [6.45, 7) is 6.98. The summed E-state index contributed by atoms with van der Waals surface area (Å²) in [6.07, 6.45) is 5.30. The van der Waals surface area contributed by atoms with E-state index in [1.165, 1.54) is 12.5 Å². The molecule has 1 atom stereocenters. The van der Waals surface area contributed by atoms with Gasteiger partial charge in [0, 0.05) is 39.2 Å². The fourth-order valence-corrected chi connectivity index (χ4v) is 2.84. The average Bonchev–Trinajstić information content (AvgIpc) is 3.25. The van der Waals surface area contributed by atoms with E-state index in [4.69, 9.17) is 9.15 Å². The van der Waals surface area contributed by atoms with Gasteiger partial charge in [-0.3, -0.25) is 9.59 Å². The molecule has 0 radical (unpaired) electrons. The van der Waals surface area contributed by atoms with E-state index in [0.29, 0.717) is 38.2 Å². The van der Waals surface area contributed by atoms with E-state index in [0.717, 1.165) is 19.4 Å². The van der Waals surface area contributed by atoms with Gasteiger partial charge in [0.1, 0.15) is 6.26 Å². The molecule has 0 spiro atoms. The number of carbonyl (C=O) groups excluding carboxylic acids is 2. The molecule has 23 heavy (non-hydrogen) atoms. The lowest BCUT2D eigenvalue weighted by Crippen LogP contribution is -2.40. The van der Waals surface area contributed by atoms with Crippen LogP contribution in [0.2, 0.25) is 0 Å². The summed E-state index contributed by atoms with van der Waals surface area (Å²) in [5.41, 5.74) is 0.512. The predicted molar refractivity (Wildman–Crippen MR) is 86.1 cm³/mol. The van der Waals surface area contributed by atoms with Crippen LogP contribution in [-0.4, -0.2) is 60.5 Å². The molecule has 1 aromatic heterocycles. The second-order valence-corrected chi connectivity index (χ2v) is 5.71. The number of carbonyl (C=O) groups is 2. The van der Waals surface area contributed by atoms with Gasteiger partial charge in [-0.25, -0.2) is 0 Å². The van der Waals surface area contributed by atoms with Crippen LogP contribution in [-0.2, 0) is 9.53 Å². The lowest BCUT2D eigenvalue weighted by atomic mass is 10.2. The van der Waals surface area contributed by atoms with E-state index in [9.17, 15) is 9.59 Å². The Balaban J connectivity index is 1.98. The van der Waals surface area contributed by atoms with Crippen molar-refractivity contribution in [2.24, 2.45) is 0 Å². The summed E-state index contributed by atoms with van der Waals surface area (Å²) in [4.78, 5) is 28.3. The minimum atomic E-state index is -0.110. The molecule has 0 aliphatic carbocycles. The van der Waals surface area contributed by atoms with Gasteiger partial charge < -0.3 is 19.0 Å². The Bertz CT molecular complexity index is 491. The van der Waals surface area contributed by atoms with Gasteiger partial charge in [-0.2, -0.15) is 0 Å². The van der Waals surface area contributed by atoms with Crippen LogP contribution in [0, 0.1) is 0 Å². The third-order valence-electron chi connectivity index (χ3n) is 4.22. The highest BCUT2D eigenvalue weighted by molar-refractivity contribution is 5.94. The van der Waals surface area contributed by atoms with Gasteiger partial charge in [0.05, 0.1) is 17.9 Å². The van der Waals surface area contributed by atoms with Crippen LogP contribution in [0.1, 0.15) is 43.5 Å². The smallest absolute Gasteiger partial charge is 0.257 e. The molecule has 1 aromatic rings. The summed E-state index contributed by atoms with van der Waals surface area (Å²) >= 11 is 0. The first-order chi connectivity index (χ1) is 11.2. The number of furan rings is 1.